The van der Waals surface area contributed by atoms with E-state index in [2.05, 4.69) is 52.9 Å². The number of nitrogens with zero attached hydrogens (tertiary/aromatic N) is 6. The molecule has 0 bridgehead atoms. The molecule has 0 spiro atoms. The molecule has 7 heteroatoms. The molecule has 0 atom stereocenters. The van der Waals surface area contributed by atoms with Crippen molar-refractivity contribution in [3.8, 4) is 56.5 Å². The number of benzene rings is 6. The molecule has 0 aliphatic rings. The van der Waals surface area contributed by atoms with Crippen LogP contribution >= 0.6 is 0 Å². The van der Waals surface area contributed by atoms with Crippen LogP contribution in [0.5, 0.6) is 0 Å². The first kappa shape index (κ1) is 28.1. The molecule has 0 saturated carbocycles. The molecule has 6 aromatic carbocycles. The molecule has 0 aliphatic carbocycles. The maximum absolute atomic E-state index is 6.65. The van der Waals surface area contributed by atoms with Gasteiger partial charge in [0.25, 0.3) is 0 Å². The van der Waals surface area contributed by atoms with Gasteiger partial charge in [-0.1, -0.05) is 140 Å². The van der Waals surface area contributed by atoms with Gasteiger partial charge in [-0.2, -0.15) is 4.98 Å². The molecule has 0 amide bonds. The lowest BCUT2D eigenvalue weighted by Gasteiger charge is -2.10. The monoisotopic (exact) mass is 642 g/mol. The molecule has 0 unspecified atom stereocenters. The lowest BCUT2D eigenvalue weighted by atomic mass is 10.0. The van der Waals surface area contributed by atoms with Crippen LogP contribution in [0, 0.1) is 0 Å². The first-order valence-electron chi connectivity index (χ1n) is 16.4. The van der Waals surface area contributed by atoms with Crippen LogP contribution in [-0.2, 0) is 0 Å². The molecule has 0 N–H and O–H groups in total. The van der Waals surface area contributed by atoms with E-state index >= 15 is 0 Å². The Morgan fingerprint density at radius 3 is 1.70 bits per heavy atom. The Kier molecular flexibility index (Phi) is 6.35. The van der Waals surface area contributed by atoms with E-state index in [4.69, 9.17) is 29.3 Å². The normalized spacial score (nSPS) is 11.6. The number of para-hydroxylation sites is 2. The van der Waals surface area contributed by atoms with Gasteiger partial charge < -0.3 is 4.42 Å². The fourth-order valence-corrected chi connectivity index (χ4v) is 6.73. The largest absolute Gasteiger partial charge is 0.422 e. The fraction of sp³-hybridized carbons (Fsp3) is 0. The zero-order valence-corrected chi connectivity index (χ0v) is 26.6. The molecule has 0 fully saturated rings. The maximum Gasteiger partial charge on any atom is 0.308 e. The minimum absolute atomic E-state index is 0.520. The van der Waals surface area contributed by atoms with Crippen molar-refractivity contribution >= 4 is 38.9 Å². The van der Waals surface area contributed by atoms with Gasteiger partial charge in [0.15, 0.2) is 23.1 Å². The van der Waals surface area contributed by atoms with Crippen molar-refractivity contribution in [2.75, 3.05) is 0 Å². The van der Waals surface area contributed by atoms with Gasteiger partial charge in [0.2, 0.25) is 0 Å². The number of oxazole rings is 1. The Balaban J connectivity index is 1.16. The molecular formula is C43H26N6O. The molecule has 4 heterocycles. The van der Waals surface area contributed by atoms with Crippen molar-refractivity contribution in [2.45, 2.75) is 0 Å². The van der Waals surface area contributed by atoms with Gasteiger partial charge in [0, 0.05) is 33.2 Å². The number of rotatable bonds is 5. The molecule has 234 valence electrons. The topological polar surface area (TPSA) is 82.0 Å². The second-order valence-corrected chi connectivity index (χ2v) is 12.1. The zero-order valence-electron chi connectivity index (χ0n) is 26.6. The molecule has 50 heavy (non-hydrogen) atoms. The summed E-state index contributed by atoms with van der Waals surface area (Å²) < 4.78 is 8.75. The van der Waals surface area contributed by atoms with Crippen molar-refractivity contribution in [3.05, 3.63) is 158 Å². The maximum atomic E-state index is 6.65. The van der Waals surface area contributed by atoms with Crippen LogP contribution in [0.4, 0.5) is 0 Å². The second-order valence-electron chi connectivity index (χ2n) is 12.1. The highest BCUT2D eigenvalue weighted by Crippen LogP contribution is 2.39. The lowest BCUT2D eigenvalue weighted by molar-refractivity contribution is 0.644. The Labute approximate surface area is 286 Å². The smallest absolute Gasteiger partial charge is 0.308 e. The molecule has 10 aromatic rings. The minimum atomic E-state index is 0.520. The SMILES string of the molecule is c1ccc(-c2nc(-c3ccccc3)nc(-c3cccc(-c4cccc5c4oc4nc6c7ccccc7nc(-c7ccccc7)c6n45)c3)n2)cc1. The summed E-state index contributed by atoms with van der Waals surface area (Å²) in [6, 6.07) is 52.9. The molecule has 0 aliphatic heterocycles. The minimum Gasteiger partial charge on any atom is -0.422 e. The average Bonchev–Trinajstić information content (AvgIpc) is 3.76. The van der Waals surface area contributed by atoms with E-state index in [9.17, 15) is 0 Å². The highest BCUT2D eigenvalue weighted by Gasteiger charge is 2.22. The molecule has 10 rings (SSSR count). The van der Waals surface area contributed by atoms with E-state index < -0.39 is 0 Å². The van der Waals surface area contributed by atoms with E-state index in [1.54, 1.807) is 0 Å². The number of pyridine rings is 1. The third kappa shape index (κ3) is 4.56. The van der Waals surface area contributed by atoms with Gasteiger partial charge in [-0.05, 0) is 23.8 Å². The van der Waals surface area contributed by atoms with Crippen molar-refractivity contribution in [1.82, 2.24) is 29.3 Å². The van der Waals surface area contributed by atoms with Crippen molar-refractivity contribution in [2.24, 2.45) is 0 Å². The predicted octanol–water partition coefficient (Wildman–Crippen LogP) is 10.3. The van der Waals surface area contributed by atoms with E-state index in [-0.39, 0.29) is 0 Å². The van der Waals surface area contributed by atoms with Crippen LogP contribution in [-0.4, -0.2) is 29.3 Å². The van der Waals surface area contributed by atoms with Gasteiger partial charge in [-0.15, -0.1) is 0 Å². The van der Waals surface area contributed by atoms with Crippen LogP contribution in [0.15, 0.2) is 162 Å². The standard InChI is InChI=1S/C43H26N6O/c1-4-14-27(15-5-1)36-38-37(33-22-10-11-24-34(33)44-36)45-43-49(38)35-25-13-23-32(39(35)50-43)30-20-12-21-31(26-30)42-47-40(28-16-6-2-7-17-28)46-41(48-42)29-18-8-3-9-19-29/h1-26H. The van der Waals surface area contributed by atoms with Crippen LogP contribution in [0.25, 0.3) is 95.4 Å². The number of aromatic nitrogens is 6. The van der Waals surface area contributed by atoms with Crippen molar-refractivity contribution < 1.29 is 4.42 Å². The summed E-state index contributed by atoms with van der Waals surface area (Å²) in [4.78, 5) is 25.0. The first-order valence-corrected chi connectivity index (χ1v) is 16.4. The van der Waals surface area contributed by atoms with Gasteiger partial charge in [0.1, 0.15) is 11.0 Å². The molecular weight excluding hydrogens is 617 g/mol. The number of hydrogen-bond acceptors (Lipinski definition) is 6. The zero-order chi connectivity index (χ0) is 33.0. The van der Waals surface area contributed by atoms with Gasteiger partial charge in [-0.25, -0.2) is 19.9 Å². The van der Waals surface area contributed by atoms with Gasteiger partial charge in [0.05, 0.1) is 16.7 Å². The van der Waals surface area contributed by atoms with E-state index in [1.807, 2.05) is 109 Å². The second kappa shape index (κ2) is 11.3. The molecule has 0 radical (unpaired) electrons. The third-order valence-electron chi connectivity index (χ3n) is 9.07. The Bertz CT molecular complexity index is 2810. The van der Waals surface area contributed by atoms with Crippen LogP contribution in [0.3, 0.4) is 0 Å². The van der Waals surface area contributed by atoms with Crippen LogP contribution < -0.4 is 0 Å². The Morgan fingerprint density at radius 2 is 1.00 bits per heavy atom. The lowest BCUT2D eigenvalue weighted by Crippen LogP contribution is -2.00. The molecule has 4 aromatic heterocycles. The van der Waals surface area contributed by atoms with E-state index in [0.29, 0.717) is 23.3 Å². The quantitative estimate of drug-likeness (QED) is 0.186. The summed E-state index contributed by atoms with van der Waals surface area (Å²) in [6.07, 6.45) is 0. The van der Waals surface area contributed by atoms with Crippen LogP contribution in [0.2, 0.25) is 0 Å². The highest BCUT2D eigenvalue weighted by atomic mass is 16.4. The average molecular weight is 643 g/mol. The number of fused-ring (bicyclic) bond motifs is 7. The third-order valence-corrected chi connectivity index (χ3v) is 9.07. The molecule has 7 nitrogen and oxygen atoms in total. The Morgan fingerprint density at radius 1 is 0.440 bits per heavy atom. The first-order chi connectivity index (χ1) is 24.8. The number of hydrogen-bond donors (Lipinski definition) is 0. The van der Waals surface area contributed by atoms with Crippen LogP contribution in [0.1, 0.15) is 0 Å². The summed E-state index contributed by atoms with van der Waals surface area (Å²) >= 11 is 0. The van der Waals surface area contributed by atoms with E-state index in [1.165, 1.54) is 0 Å². The number of imidazole rings is 1. The summed E-state index contributed by atoms with van der Waals surface area (Å²) in [7, 11) is 0. The highest BCUT2D eigenvalue weighted by molar-refractivity contribution is 6.10. The van der Waals surface area contributed by atoms with Crippen molar-refractivity contribution in [3.63, 3.8) is 0 Å². The van der Waals surface area contributed by atoms with Gasteiger partial charge in [-0.3, -0.25) is 4.40 Å². The summed E-state index contributed by atoms with van der Waals surface area (Å²) in [5, 5.41) is 0.986. The van der Waals surface area contributed by atoms with E-state index in [0.717, 1.165) is 72.1 Å². The Hall–Kier alpha value is -6.99. The predicted molar refractivity (Wildman–Crippen MR) is 198 cm³/mol. The van der Waals surface area contributed by atoms with Crippen molar-refractivity contribution in [1.29, 1.82) is 0 Å². The summed E-state index contributed by atoms with van der Waals surface area (Å²) in [5.74, 6) is 2.36. The summed E-state index contributed by atoms with van der Waals surface area (Å²) in [6.45, 7) is 0. The summed E-state index contributed by atoms with van der Waals surface area (Å²) in [5.41, 5.74) is 10.9. The molecule has 0 saturated heterocycles. The fourth-order valence-electron chi connectivity index (χ4n) is 6.73. The van der Waals surface area contributed by atoms with Gasteiger partial charge >= 0.3 is 5.84 Å².